The normalized spacial score (nSPS) is 38.5. The van der Waals surface area contributed by atoms with Crippen molar-refractivity contribution in [3.63, 3.8) is 0 Å². The van der Waals surface area contributed by atoms with Gasteiger partial charge in [-0.15, -0.1) is 0 Å². The van der Waals surface area contributed by atoms with Crippen molar-refractivity contribution < 1.29 is 18.9 Å². The maximum absolute atomic E-state index is 6.51. The Bertz CT molecular complexity index is 633. The van der Waals surface area contributed by atoms with Crippen molar-refractivity contribution in [3.05, 3.63) is 24.3 Å². The molecular formula is C28H47IO4. The third-order valence-electron chi connectivity index (χ3n) is 7.82. The van der Waals surface area contributed by atoms with E-state index in [0.717, 1.165) is 31.6 Å². The standard InChI is InChI=1S/C28H47IO4/c1-6-8-10-11-12-14-15-20-17-23(29)27-22(19-26(30-5)31-27)21(20)18-25-24(16-13-9-7-2)32-28(3,4)33-25/h6-9,20-27H,10-19H2,1-5H3/b8-6+,9-7+/t20-,21+,22-,23-,24+,25+,26+,27-/m1/s1. The highest BCUT2D eigenvalue weighted by atomic mass is 127. The number of hydrogen-bond acceptors (Lipinski definition) is 4. The van der Waals surface area contributed by atoms with Gasteiger partial charge in [-0.2, -0.15) is 0 Å². The van der Waals surface area contributed by atoms with Crippen molar-refractivity contribution in [1.29, 1.82) is 0 Å². The number of unbranched alkanes of at least 4 members (excludes halogenated alkanes) is 3. The molecule has 0 aromatic carbocycles. The number of halogens is 1. The van der Waals surface area contributed by atoms with Gasteiger partial charge in [-0.1, -0.05) is 66.2 Å². The van der Waals surface area contributed by atoms with Crippen LogP contribution < -0.4 is 0 Å². The molecule has 2 saturated heterocycles. The summed E-state index contributed by atoms with van der Waals surface area (Å²) < 4.78 is 25.5. The van der Waals surface area contributed by atoms with Crippen molar-refractivity contribution in [2.24, 2.45) is 17.8 Å². The van der Waals surface area contributed by atoms with Crippen LogP contribution in [0.15, 0.2) is 24.3 Å². The van der Waals surface area contributed by atoms with Gasteiger partial charge in [-0.25, -0.2) is 0 Å². The van der Waals surface area contributed by atoms with E-state index >= 15 is 0 Å². The molecule has 0 spiro atoms. The largest absolute Gasteiger partial charge is 0.356 e. The summed E-state index contributed by atoms with van der Waals surface area (Å²) in [5, 5.41) is 0. The Kier molecular flexibility index (Phi) is 11.2. The fourth-order valence-corrected chi connectivity index (χ4v) is 7.68. The topological polar surface area (TPSA) is 36.9 Å². The Morgan fingerprint density at radius 1 is 0.939 bits per heavy atom. The molecule has 2 aliphatic heterocycles. The van der Waals surface area contributed by atoms with Crippen molar-refractivity contribution in [2.75, 3.05) is 7.11 Å². The first-order valence-corrected chi connectivity index (χ1v) is 14.5. The molecule has 0 unspecified atom stereocenters. The molecule has 33 heavy (non-hydrogen) atoms. The number of hydrogen-bond donors (Lipinski definition) is 0. The minimum Gasteiger partial charge on any atom is -0.356 e. The molecule has 3 fully saturated rings. The van der Waals surface area contributed by atoms with E-state index in [1.807, 2.05) is 0 Å². The SMILES string of the molecule is C/C=C/CCCCC[C@@H]1C[C@@H](I)[C@@H]2O[C@H](OC)C[C@@H]2[C@H]1C[C@@H]1OC(C)(C)O[C@H]1CC/C=C/C. The van der Waals surface area contributed by atoms with E-state index in [1.54, 1.807) is 7.11 Å². The van der Waals surface area contributed by atoms with Crippen molar-refractivity contribution >= 4 is 22.6 Å². The van der Waals surface area contributed by atoms with Crippen molar-refractivity contribution in [2.45, 2.75) is 126 Å². The highest BCUT2D eigenvalue weighted by molar-refractivity contribution is 14.1. The monoisotopic (exact) mass is 574 g/mol. The van der Waals surface area contributed by atoms with Crippen LogP contribution in [-0.4, -0.2) is 41.4 Å². The minimum atomic E-state index is -0.491. The first kappa shape index (κ1) is 27.6. The molecule has 1 saturated carbocycles. The number of allylic oxidation sites excluding steroid dienone is 4. The summed E-state index contributed by atoms with van der Waals surface area (Å²) in [6, 6.07) is 0. The summed E-state index contributed by atoms with van der Waals surface area (Å²) in [6.45, 7) is 8.35. The number of fused-ring (bicyclic) bond motifs is 1. The van der Waals surface area contributed by atoms with Crippen LogP contribution in [0.25, 0.3) is 0 Å². The van der Waals surface area contributed by atoms with Gasteiger partial charge in [0.15, 0.2) is 12.1 Å². The molecule has 3 aliphatic rings. The quantitative estimate of drug-likeness (QED) is 0.104. The Morgan fingerprint density at radius 2 is 1.67 bits per heavy atom. The zero-order valence-electron chi connectivity index (χ0n) is 21.5. The van der Waals surface area contributed by atoms with E-state index in [1.165, 1.54) is 38.5 Å². The van der Waals surface area contributed by atoms with Crippen LogP contribution >= 0.6 is 22.6 Å². The number of ether oxygens (including phenoxy) is 4. The first-order valence-electron chi connectivity index (χ1n) is 13.3. The molecule has 0 amide bonds. The van der Waals surface area contributed by atoms with Gasteiger partial charge < -0.3 is 18.9 Å². The van der Waals surface area contributed by atoms with E-state index in [2.05, 4.69) is 74.6 Å². The van der Waals surface area contributed by atoms with E-state index in [-0.39, 0.29) is 18.5 Å². The van der Waals surface area contributed by atoms with Gasteiger partial charge in [-0.3, -0.25) is 0 Å². The van der Waals surface area contributed by atoms with Gasteiger partial charge in [0.2, 0.25) is 0 Å². The fraction of sp³-hybridized carbons (Fsp3) is 0.857. The van der Waals surface area contributed by atoms with Gasteiger partial charge in [0.1, 0.15) is 0 Å². The summed E-state index contributed by atoms with van der Waals surface area (Å²) in [4.78, 5) is 0. The van der Waals surface area contributed by atoms with Crippen molar-refractivity contribution in [1.82, 2.24) is 0 Å². The highest BCUT2D eigenvalue weighted by Crippen LogP contribution is 2.51. The second-order valence-corrected chi connectivity index (χ2v) is 12.2. The lowest BCUT2D eigenvalue weighted by Crippen LogP contribution is -2.44. The summed E-state index contributed by atoms with van der Waals surface area (Å²) in [7, 11) is 1.79. The smallest absolute Gasteiger partial charge is 0.163 e. The van der Waals surface area contributed by atoms with Crippen LogP contribution in [0.1, 0.15) is 91.9 Å². The zero-order valence-corrected chi connectivity index (χ0v) is 23.7. The summed E-state index contributed by atoms with van der Waals surface area (Å²) >= 11 is 2.65. The molecule has 8 atom stereocenters. The predicted molar refractivity (Wildman–Crippen MR) is 144 cm³/mol. The second kappa shape index (κ2) is 13.4. The lowest BCUT2D eigenvalue weighted by molar-refractivity contribution is -0.149. The van der Waals surface area contributed by atoms with Crippen molar-refractivity contribution in [3.8, 4) is 0 Å². The van der Waals surface area contributed by atoms with Gasteiger partial charge >= 0.3 is 0 Å². The third-order valence-corrected chi connectivity index (χ3v) is 9.04. The second-order valence-electron chi connectivity index (χ2n) is 10.6. The molecule has 190 valence electrons. The van der Waals surface area contributed by atoms with E-state index in [0.29, 0.717) is 21.9 Å². The molecule has 0 bridgehead atoms. The highest BCUT2D eigenvalue weighted by Gasteiger charge is 2.52. The van der Waals surface area contributed by atoms with Crippen LogP contribution in [0.3, 0.4) is 0 Å². The van der Waals surface area contributed by atoms with Gasteiger partial charge in [0.05, 0.1) is 18.3 Å². The summed E-state index contributed by atoms with van der Waals surface area (Å²) in [6.07, 6.45) is 21.3. The Labute approximate surface area is 216 Å². The van der Waals surface area contributed by atoms with Crippen LogP contribution in [-0.2, 0) is 18.9 Å². The molecule has 0 aromatic rings. The Hall–Kier alpha value is 0.0500. The van der Waals surface area contributed by atoms with Crippen LogP contribution in [0.4, 0.5) is 0 Å². The predicted octanol–water partition coefficient (Wildman–Crippen LogP) is 7.60. The summed E-state index contributed by atoms with van der Waals surface area (Å²) in [5.74, 6) is 1.41. The molecule has 3 rings (SSSR count). The Morgan fingerprint density at radius 3 is 2.39 bits per heavy atom. The maximum Gasteiger partial charge on any atom is 0.163 e. The molecule has 2 heterocycles. The Balaban J connectivity index is 1.69. The summed E-state index contributed by atoms with van der Waals surface area (Å²) in [5.41, 5.74) is 0. The minimum absolute atomic E-state index is 0.0537. The average molecular weight is 575 g/mol. The maximum atomic E-state index is 6.51. The fourth-order valence-electron chi connectivity index (χ4n) is 6.32. The van der Waals surface area contributed by atoms with Crippen LogP contribution in [0.2, 0.25) is 0 Å². The lowest BCUT2D eigenvalue weighted by Gasteiger charge is -2.43. The lowest BCUT2D eigenvalue weighted by atomic mass is 9.66. The number of alkyl halides is 1. The third kappa shape index (κ3) is 7.77. The van der Waals surface area contributed by atoms with Gasteiger partial charge in [-0.05, 0) is 84.0 Å². The van der Waals surface area contributed by atoms with E-state index in [4.69, 9.17) is 18.9 Å². The molecule has 5 heteroatoms. The molecule has 1 aliphatic carbocycles. The van der Waals surface area contributed by atoms with E-state index < -0.39 is 5.79 Å². The molecule has 0 aromatic heterocycles. The molecule has 0 N–H and O–H groups in total. The molecule has 4 nitrogen and oxygen atoms in total. The van der Waals surface area contributed by atoms with Gasteiger partial charge in [0.25, 0.3) is 0 Å². The number of rotatable bonds is 12. The number of methoxy groups -OCH3 is 1. The van der Waals surface area contributed by atoms with Gasteiger partial charge in [0, 0.05) is 17.5 Å². The van der Waals surface area contributed by atoms with E-state index in [9.17, 15) is 0 Å². The average Bonchev–Trinajstić information content (AvgIpc) is 3.34. The van der Waals surface area contributed by atoms with Crippen LogP contribution in [0, 0.1) is 17.8 Å². The van der Waals surface area contributed by atoms with Crippen LogP contribution in [0.5, 0.6) is 0 Å². The molecular weight excluding hydrogens is 527 g/mol. The molecule has 0 radical (unpaired) electrons. The zero-order chi connectivity index (χ0) is 23.8. The first-order chi connectivity index (χ1) is 15.9.